The average Bonchev–Trinajstić information content (AvgIpc) is 2.31. The maximum atomic E-state index is 12.3. The fourth-order valence-corrected chi connectivity index (χ4v) is 1.60. The van der Waals surface area contributed by atoms with Gasteiger partial charge < -0.3 is 0 Å². The molecule has 0 aliphatic rings. The molecule has 0 amide bonds. The standard InChI is InChI=1S/C14H12F/c15-11-14-8-4-7-13(10-14)9-12-5-2-1-3-6-12/h1-8,10-11H,9H2. The van der Waals surface area contributed by atoms with E-state index < -0.39 is 0 Å². The van der Waals surface area contributed by atoms with Gasteiger partial charge >= 0.3 is 0 Å². The molecule has 0 aliphatic heterocycles. The maximum absolute atomic E-state index is 12.3. The molecular formula is C14H12F. The summed E-state index contributed by atoms with van der Waals surface area (Å²) in [7, 11) is 0. The average molecular weight is 199 g/mol. The van der Waals surface area contributed by atoms with Gasteiger partial charge in [0.25, 0.3) is 0 Å². The summed E-state index contributed by atoms with van der Waals surface area (Å²) in [4.78, 5) is 0. The fourth-order valence-electron chi connectivity index (χ4n) is 1.60. The van der Waals surface area contributed by atoms with E-state index in [2.05, 4.69) is 12.1 Å². The van der Waals surface area contributed by atoms with Gasteiger partial charge in [0.1, 0.15) is 0 Å². The summed E-state index contributed by atoms with van der Waals surface area (Å²) in [5, 5.41) is 0. The van der Waals surface area contributed by atoms with Gasteiger partial charge in [-0.3, -0.25) is 0 Å². The lowest BCUT2D eigenvalue weighted by molar-refractivity contribution is 0.646. The van der Waals surface area contributed by atoms with E-state index >= 15 is 0 Å². The molecule has 0 fully saturated rings. The van der Waals surface area contributed by atoms with Gasteiger partial charge in [0.05, 0.1) is 0 Å². The normalized spacial score (nSPS) is 10.2. The maximum Gasteiger partial charge on any atom is 0.160 e. The molecule has 0 spiro atoms. The molecule has 0 atom stereocenters. The Kier molecular flexibility index (Phi) is 3.13. The number of halogens is 1. The quantitative estimate of drug-likeness (QED) is 0.706. The second-order valence-corrected chi connectivity index (χ2v) is 3.52. The molecule has 1 radical (unpaired) electrons. The molecule has 0 unspecified atom stereocenters. The number of hydrogen-bond acceptors (Lipinski definition) is 0. The Morgan fingerprint density at radius 3 is 2.33 bits per heavy atom. The lowest BCUT2D eigenvalue weighted by Crippen LogP contribution is -1.88. The molecule has 0 N–H and O–H groups in total. The fraction of sp³-hybridized carbons (Fsp3) is 0.0714. The van der Waals surface area contributed by atoms with E-state index in [-0.39, 0.29) is 0 Å². The Balaban J connectivity index is 2.17. The predicted molar refractivity (Wildman–Crippen MR) is 60.2 cm³/mol. The lowest BCUT2D eigenvalue weighted by atomic mass is 10.0. The van der Waals surface area contributed by atoms with E-state index in [9.17, 15) is 4.39 Å². The van der Waals surface area contributed by atoms with E-state index in [0.29, 0.717) is 12.2 Å². The zero-order valence-electron chi connectivity index (χ0n) is 8.36. The molecule has 2 rings (SSSR count). The molecule has 2 aromatic carbocycles. The summed E-state index contributed by atoms with van der Waals surface area (Å²) in [6.07, 6.45) is 0.850. The van der Waals surface area contributed by atoms with Crippen molar-refractivity contribution in [1.82, 2.24) is 0 Å². The second kappa shape index (κ2) is 4.74. The molecule has 0 saturated heterocycles. The molecule has 0 saturated carbocycles. The second-order valence-electron chi connectivity index (χ2n) is 3.52. The van der Waals surface area contributed by atoms with Crippen molar-refractivity contribution in [2.75, 3.05) is 0 Å². The number of benzene rings is 2. The van der Waals surface area contributed by atoms with Gasteiger partial charge in [-0.05, 0) is 23.1 Å². The molecular weight excluding hydrogens is 187 g/mol. The number of rotatable bonds is 3. The first-order valence-electron chi connectivity index (χ1n) is 4.95. The van der Waals surface area contributed by atoms with Crippen LogP contribution in [-0.2, 0) is 6.42 Å². The van der Waals surface area contributed by atoms with E-state index in [1.54, 1.807) is 6.07 Å². The van der Waals surface area contributed by atoms with Crippen LogP contribution in [0.5, 0.6) is 0 Å². The summed E-state index contributed by atoms with van der Waals surface area (Å²) < 4.78 is 12.3. The highest BCUT2D eigenvalue weighted by Gasteiger charge is 1.97. The van der Waals surface area contributed by atoms with Gasteiger partial charge in [0.2, 0.25) is 0 Å². The van der Waals surface area contributed by atoms with Crippen molar-refractivity contribution in [3.63, 3.8) is 0 Å². The van der Waals surface area contributed by atoms with Gasteiger partial charge in [0, 0.05) is 0 Å². The Hall–Kier alpha value is -1.63. The molecule has 1 heteroatoms. The Morgan fingerprint density at radius 2 is 1.60 bits per heavy atom. The Labute approximate surface area is 89.4 Å². The minimum absolute atomic E-state index is 0.628. The van der Waals surface area contributed by atoms with Crippen LogP contribution in [0.2, 0.25) is 0 Å². The van der Waals surface area contributed by atoms with Crippen LogP contribution >= 0.6 is 0 Å². The van der Waals surface area contributed by atoms with E-state index in [4.69, 9.17) is 0 Å². The Bertz CT molecular complexity index is 420. The molecule has 0 bridgehead atoms. The van der Waals surface area contributed by atoms with E-state index in [1.807, 2.05) is 36.4 Å². The van der Waals surface area contributed by atoms with Crippen LogP contribution in [0.1, 0.15) is 16.7 Å². The minimum atomic E-state index is 0.628. The summed E-state index contributed by atoms with van der Waals surface area (Å²) in [6.45, 7) is 0.633. The molecule has 0 aromatic heterocycles. The van der Waals surface area contributed by atoms with Crippen LogP contribution in [0.4, 0.5) is 4.39 Å². The zero-order chi connectivity index (χ0) is 10.5. The highest BCUT2D eigenvalue weighted by Crippen LogP contribution is 2.12. The summed E-state index contributed by atoms with van der Waals surface area (Å²) in [6, 6.07) is 17.7. The monoisotopic (exact) mass is 199 g/mol. The van der Waals surface area contributed by atoms with Crippen molar-refractivity contribution in [2.24, 2.45) is 0 Å². The van der Waals surface area contributed by atoms with Gasteiger partial charge in [-0.25, -0.2) is 4.39 Å². The van der Waals surface area contributed by atoms with Gasteiger partial charge in [-0.15, -0.1) is 0 Å². The zero-order valence-corrected chi connectivity index (χ0v) is 8.36. The predicted octanol–water partition coefficient (Wildman–Crippen LogP) is 3.76. The third kappa shape index (κ3) is 2.66. The summed E-state index contributed by atoms with van der Waals surface area (Å²) in [5.74, 6) is 0. The van der Waals surface area contributed by atoms with Crippen molar-refractivity contribution in [3.05, 3.63) is 78.0 Å². The van der Waals surface area contributed by atoms with Crippen LogP contribution in [0.3, 0.4) is 0 Å². The first-order valence-corrected chi connectivity index (χ1v) is 4.95. The minimum Gasteiger partial charge on any atom is -0.239 e. The summed E-state index contributed by atoms with van der Waals surface area (Å²) >= 11 is 0. The van der Waals surface area contributed by atoms with E-state index in [1.165, 1.54) is 5.56 Å². The largest absolute Gasteiger partial charge is 0.239 e. The van der Waals surface area contributed by atoms with Crippen molar-refractivity contribution in [2.45, 2.75) is 6.42 Å². The summed E-state index contributed by atoms with van der Waals surface area (Å²) in [5.41, 5.74) is 3.00. The number of hydrogen-bond donors (Lipinski definition) is 0. The Morgan fingerprint density at radius 1 is 0.867 bits per heavy atom. The highest BCUT2D eigenvalue weighted by molar-refractivity contribution is 5.31. The molecule has 75 valence electrons. The molecule has 2 aromatic rings. The van der Waals surface area contributed by atoms with Crippen molar-refractivity contribution in [3.8, 4) is 0 Å². The third-order valence-corrected chi connectivity index (χ3v) is 2.33. The van der Waals surface area contributed by atoms with Crippen LogP contribution in [0, 0.1) is 6.67 Å². The molecule has 0 heterocycles. The van der Waals surface area contributed by atoms with Crippen LogP contribution in [0.15, 0.2) is 54.6 Å². The SMILES string of the molecule is F[CH]c1cccc(Cc2ccccc2)c1. The lowest BCUT2D eigenvalue weighted by Gasteiger charge is -2.02. The topological polar surface area (TPSA) is 0 Å². The first kappa shape index (κ1) is 9.91. The van der Waals surface area contributed by atoms with Gasteiger partial charge in [-0.2, -0.15) is 0 Å². The smallest absolute Gasteiger partial charge is 0.160 e. The van der Waals surface area contributed by atoms with Gasteiger partial charge in [0.15, 0.2) is 6.67 Å². The first-order chi connectivity index (χ1) is 7.38. The molecule has 15 heavy (non-hydrogen) atoms. The highest BCUT2D eigenvalue weighted by atomic mass is 19.1. The molecule has 0 aliphatic carbocycles. The van der Waals surface area contributed by atoms with Crippen molar-refractivity contribution in [1.29, 1.82) is 0 Å². The van der Waals surface area contributed by atoms with Gasteiger partial charge in [-0.1, -0.05) is 54.6 Å². The molecule has 0 nitrogen and oxygen atoms in total. The van der Waals surface area contributed by atoms with E-state index in [0.717, 1.165) is 12.0 Å². The van der Waals surface area contributed by atoms with Crippen LogP contribution in [-0.4, -0.2) is 0 Å². The van der Waals surface area contributed by atoms with Crippen molar-refractivity contribution < 1.29 is 4.39 Å². The third-order valence-electron chi connectivity index (χ3n) is 2.33. The van der Waals surface area contributed by atoms with Crippen LogP contribution < -0.4 is 0 Å². The van der Waals surface area contributed by atoms with Crippen molar-refractivity contribution >= 4 is 0 Å². The van der Waals surface area contributed by atoms with Crippen LogP contribution in [0.25, 0.3) is 0 Å².